The fourth-order valence-electron chi connectivity index (χ4n) is 10.8. The molecule has 0 heterocycles. The van der Waals surface area contributed by atoms with Gasteiger partial charge in [-0.25, -0.2) is 0 Å². The average molecular weight is 587 g/mol. The molecular formula is C39H51ClO2. The molecule has 0 aromatic heterocycles. The number of hydrogen-bond donors (Lipinski definition) is 0. The molecule has 0 radical (unpaired) electrons. The summed E-state index contributed by atoms with van der Waals surface area (Å²) in [6.45, 7) is 9.22. The number of carbonyl (C=O) groups excluding carboxylic acids is 1. The van der Waals surface area contributed by atoms with Crippen LogP contribution in [0.5, 0.6) is 0 Å². The number of esters is 1. The van der Waals surface area contributed by atoms with E-state index < -0.39 is 0 Å². The molecule has 2 nitrogen and oxygen atoms in total. The second kappa shape index (κ2) is 11.8. The van der Waals surface area contributed by atoms with Crippen LogP contribution in [0, 0.1) is 40.4 Å². The highest BCUT2D eigenvalue weighted by molar-refractivity contribution is 6.24. The first-order valence-electron chi connectivity index (χ1n) is 16.8. The van der Waals surface area contributed by atoms with Crippen LogP contribution in [0.3, 0.4) is 0 Å². The van der Waals surface area contributed by atoms with E-state index in [2.05, 4.69) is 93.6 Å². The van der Waals surface area contributed by atoms with Crippen LogP contribution in [0.4, 0.5) is 0 Å². The Hall–Kier alpha value is -2.06. The van der Waals surface area contributed by atoms with Crippen LogP contribution in [0.1, 0.15) is 109 Å². The predicted molar refractivity (Wildman–Crippen MR) is 174 cm³/mol. The summed E-state index contributed by atoms with van der Waals surface area (Å²) in [7, 11) is 0. The number of ether oxygens (including phenoxy) is 1. The van der Waals surface area contributed by atoms with Crippen molar-refractivity contribution in [3.8, 4) is 0 Å². The zero-order valence-electron chi connectivity index (χ0n) is 26.2. The van der Waals surface area contributed by atoms with Crippen molar-refractivity contribution in [3.63, 3.8) is 0 Å². The van der Waals surface area contributed by atoms with Gasteiger partial charge in [0, 0.05) is 19.3 Å². The Bertz CT molecular complexity index is 1220. The molecule has 0 bridgehead atoms. The minimum Gasteiger partial charge on any atom is -0.462 e. The Morgan fingerprint density at radius 3 is 2.21 bits per heavy atom. The second-order valence-electron chi connectivity index (χ2n) is 14.9. The Labute approximate surface area is 259 Å². The van der Waals surface area contributed by atoms with Gasteiger partial charge in [0.25, 0.3) is 0 Å². The molecule has 4 aliphatic rings. The topological polar surface area (TPSA) is 26.3 Å². The lowest BCUT2D eigenvalue weighted by molar-refractivity contribution is -0.157. The van der Waals surface area contributed by atoms with Gasteiger partial charge in [0.2, 0.25) is 0 Å². The molecule has 6 rings (SSSR count). The van der Waals surface area contributed by atoms with Gasteiger partial charge < -0.3 is 4.74 Å². The quantitative estimate of drug-likeness (QED) is 0.183. The minimum absolute atomic E-state index is 0.00775. The second-order valence-corrected chi connectivity index (χ2v) is 15.7. The van der Waals surface area contributed by atoms with Crippen molar-refractivity contribution in [2.24, 2.45) is 40.4 Å². The largest absolute Gasteiger partial charge is 0.462 e. The molecule has 0 N–H and O–H groups in total. The fraction of sp³-hybridized carbons (Fsp3) is 0.615. The predicted octanol–water partition coefficient (Wildman–Crippen LogP) is 10.4. The van der Waals surface area contributed by atoms with Crippen molar-refractivity contribution in [2.45, 2.75) is 109 Å². The van der Waals surface area contributed by atoms with Crippen LogP contribution in [-0.2, 0) is 9.53 Å². The molecule has 4 aliphatic carbocycles. The maximum absolute atomic E-state index is 11.7. The lowest BCUT2D eigenvalue weighted by Gasteiger charge is -2.64. The van der Waals surface area contributed by atoms with Crippen molar-refractivity contribution in [3.05, 3.63) is 83.9 Å². The standard InChI is InChI=1S/C39H51ClO2/c1-27(12-11-17-32(29-13-7-5-8-14-29)30-15-9-6-10-16-30)34-18-19-35-33-21-25-39(40)26-31(42-28(2)41)20-24-38(39,4)36(33)22-23-37(34,35)3/h5-11,13-17,27,31-36H,12,18-26H2,1-4H3/b17-11+/t27-,31-,33+,34+,35-,36-,37-,38-,39-/m1/s1. The Kier molecular flexibility index (Phi) is 8.42. The summed E-state index contributed by atoms with van der Waals surface area (Å²) >= 11 is 7.55. The Morgan fingerprint density at radius 2 is 1.57 bits per heavy atom. The van der Waals surface area contributed by atoms with E-state index in [9.17, 15) is 4.79 Å². The number of halogens is 1. The number of fused-ring (bicyclic) bond motifs is 5. The van der Waals surface area contributed by atoms with Gasteiger partial charge in [0.05, 0.1) is 4.87 Å². The lowest BCUT2D eigenvalue weighted by Crippen LogP contribution is -2.60. The number of carbonyl (C=O) groups is 1. The van der Waals surface area contributed by atoms with Crippen molar-refractivity contribution in [1.82, 2.24) is 0 Å². The van der Waals surface area contributed by atoms with Gasteiger partial charge in [-0.1, -0.05) is 93.6 Å². The SMILES string of the molecule is CC(=O)O[C@@H]1CC[C@]2(C)[C@@H]3CC[C@@]4(C)[C@H](CC[C@H]4[C@H](C)C/C=C/C(c4ccccc4)c4ccccc4)[C@@H]3CC[C@@]2(Cl)C1. The molecule has 3 heteroatoms. The maximum atomic E-state index is 11.7. The summed E-state index contributed by atoms with van der Waals surface area (Å²) in [6.07, 6.45) is 16.7. The van der Waals surface area contributed by atoms with Gasteiger partial charge >= 0.3 is 5.97 Å². The summed E-state index contributed by atoms with van der Waals surface area (Å²) in [5, 5.41) is 0. The van der Waals surface area contributed by atoms with Gasteiger partial charge in [0.15, 0.2) is 0 Å². The van der Waals surface area contributed by atoms with Gasteiger partial charge in [-0.05, 0) is 109 Å². The molecule has 0 amide bonds. The smallest absolute Gasteiger partial charge is 0.302 e. The number of allylic oxidation sites excluding steroid dienone is 2. The van der Waals surface area contributed by atoms with Gasteiger partial charge in [-0.3, -0.25) is 4.79 Å². The summed E-state index contributed by atoms with van der Waals surface area (Å²) in [5.74, 6) is 3.92. The van der Waals surface area contributed by atoms with Crippen LogP contribution >= 0.6 is 11.6 Å². The lowest BCUT2D eigenvalue weighted by atomic mass is 9.44. The first kappa shape index (κ1) is 30.0. The van der Waals surface area contributed by atoms with Crippen LogP contribution in [0.2, 0.25) is 0 Å². The third-order valence-electron chi connectivity index (χ3n) is 12.9. The molecule has 42 heavy (non-hydrogen) atoms. The molecule has 0 saturated heterocycles. The first-order valence-corrected chi connectivity index (χ1v) is 17.1. The summed E-state index contributed by atoms with van der Waals surface area (Å²) < 4.78 is 5.68. The number of alkyl halides is 1. The molecule has 0 spiro atoms. The molecule has 2 aromatic carbocycles. The summed E-state index contributed by atoms with van der Waals surface area (Å²) in [6, 6.07) is 21.9. The first-order chi connectivity index (χ1) is 20.1. The van der Waals surface area contributed by atoms with Gasteiger partial charge in [-0.2, -0.15) is 0 Å². The monoisotopic (exact) mass is 586 g/mol. The van der Waals surface area contributed by atoms with Crippen LogP contribution in [0.15, 0.2) is 72.8 Å². The van der Waals surface area contributed by atoms with E-state index in [1.165, 1.54) is 50.2 Å². The Morgan fingerprint density at radius 1 is 0.905 bits per heavy atom. The number of rotatable bonds is 7. The van der Waals surface area contributed by atoms with Crippen molar-refractivity contribution in [1.29, 1.82) is 0 Å². The van der Waals surface area contributed by atoms with Gasteiger partial charge in [0.1, 0.15) is 6.10 Å². The third-order valence-corrected chi connectivity index (χ3v) is 13.7. The van der Waals surface area contributed by atoms with Crippen LogP contribution in [-0.4, -0.2) is 16.9 Å². The maximum Gasteiger partial charge on any atom is 0.302 e. The van der Waals surface area contributed by atoms with E-state index in [1.807, 2.05) is 0 Å². The zero-order chi connectivity index (χ0) is 29.5. The molecule has 0 aliphatic heterocycles. The van der Waals surface area contributed by atoms with E-state index >= 15 is 0 Å². The van der Waals surface area contributed by atoms with Gasteiger partial charge in [-0.15, -0.1) is 11.6 Å². The summed E-state index contributed by atoms with van der Waals surface area (Å²) in [5.41, 5.74) is 3.31. The number of benzene rings is 2. The average Bonchev–Trinajstić information content (AvgIpc) is 3.34. The van der Waals surface area contributed by atoms with E-state index in [0.717, 1.165) is 49.9 Å². The number of hydrogen-bond acceptors (Lipinski definition) is 2. The molecule has 2 aromatic rings. The highest BCUT2D eigenvalue weighted by Gasteiger charge is 2.64. The zero-order valence-corrected chi connectivity index (χ0v) is 27.0. The van der Waals surface area contributed by atoms with Crippen molar-refractivity contribution in [2.75, 3.05) is 0 Å². The van der Waals surface area contributed by atoms with Crippen molar-refractivity contribution >= 4 is 17.6 Å². The van der Waals surface area contributed by atoms with E-state index in [1.54, 1.807) is 0 Å². The third kappa shape index (κ3) is 5.29. The normalized spacial score (nSPS) is 38.5. The summed E-state index contributed by atoms with van der Waals surface area (Å²) in [4.78, 5) is 11.5. The molecule has 0 unspecified atom stereocenters. The highest BCUT2D eigenvalue weighted by Crippen LogP contribution is 2.70. The molecule has 226 valence electrons. The van der Waals surface area contributed by atoms with Crippen molar-refractivity contribution < 1.29 is 9.53 Å². The molecular weight excluding hydrogens is 536 g/mol. The molecule has 9 atom stereocenters. The van der Waals surface area contributed by atoms with Crippen LogP contribution in [0.25, 0.3) is 0 Å². The minimum atomic E-state index is -0.232. The van der Waals surface area contributed by atoms with E-state index in [4.69, 9.17) is 16.3 Å². The van der Waals surface area contributed by atoms with Crippen LogP contribution < -0.4 is 0 Å². The fourth-order valence-corrected chi connectivity index (χ4v) is 11.3. The van der Waals surface area contributed by atoms with E-state index in [-0.39, 0.29) is 22.4 Å². The van der Waals surface area contributed by atoms with E-state index in [0.29, 0.717) is 23.2 Å². The molecule has 4 fully saturated rings. The molecule has 4 saturated carbocycles. The Balaban J connectivity index is 1.15. The highest BCUT2D eigenvalue weighted by atomic mass is 35.5.